The van der Waals surface area contributed by atoms with Gasteiger partial charge in [0.2, 0.25) is 0 Å². The molecule has 3 aliphatic heterocycles. The molecule has 1 aromatic heterocycles. The molecule has 1 N–H and O–H groups in total. The third kappa shape index (κ3) is 9.90. The fraction of sp³-hybridized carbons (Fsp3) is 0.457. The number of halogens is 1. The molecule has 11 heteroatoms. The van der Waals surface area contributed by atoms with Crippen LogP contribution in [-0.2, 0) is 29.3 Å². The summed E-state index contributed by atoms with van der Waals surface area (Å²) in [7, 11) is 0. The molecule has 4 heterocycles. The predicted octanol–water partition coefficient (Wildman–Crippen LogP) is 8.76. The van der Waals surface area contributed by atoms with Gasteiger partial charge in [-0.05, 0) is 123 Å². The Balaban J connectivity index is 1.02. The number of likely N-dealkylation sites (tertiary alicyclic amines) is 2. The highest BCUT2D eigenvalue weighted by molar-refractivity contribution is 6.32. The highest BCUT2D eigenvalue weighted by Gasteiger charge is 2.37. The maximum absolute atomic E-state index is 12.1. The summed E-state index contributed by atoms with van der Waals surface area (Å²) in [6.07, 6.45) is 10.2. The number of aliphatic carboxylic acids is 1. The normalized spacial score (nSPS) is 18.3. The molecule has 10 nitrogen and oxygen atoms in total. The van der Waals surface area contributed by atoms with Gasteiger partial charge >= 0.3 is 5.97 Å². The summed E-state index contributed by atoms with van der Waals surface area (Å²) in [5.74, 6) is 1.07. The molecule has 3 aliphatic rings. The van der Waals surface area contributed by atoms with E-state index in [1.165, 1.54) is 25.5 Å². The van der Waals surface area contributed by atoms with Crippen LogP contribution in [0, 0.1) is 30.6 Å². The molecule has 1 spiro atoms. The molecule has 300 valence electrons. The molecule has 0 unspecified atom stereocenters. The van der Waals surface area contributed by atoms with Gasteiger partial charge in [0.15, 0.2) is 0 Å². The first-order chi connectivity index (χ1) is 27.7. The van der Waals surface area contributed by atoms with Gasteiger partial charge in [0.05, 0.1) is 23.8 Å². The first kappa shape index (κ1) is 40.5. The van der Waals surface area contributed by atoms with Crippen molar-refractivity contribution in [1.29, 1.82) is 5.26 Å². The zero-order valence-electron chi connectivity index (χ0n) is 33.1. The van der Waals surface area contributed by atoms with Crippen molar-refractivity contribution in [2.24, 2.45) is 5.41 Å². The quantitative estimate of drug-likeness (QED) is 0.117. The SMILES string of the molecule is Cc1c(COc2cc(OCc3cncc(C#N)c3)c(CN3CCCC[C@H]3C(=O)O)cc2Cl)cccc1-c1cccc(OCCCN2CCC3(CCOC3)CC2)c1C. The van der Waals surface area contributed by atoms with Gasteiger partial charge in [-0.2, -0.15) is 5.26 Å². The van der Waals surface area contributed by atoms with E-state index in [4.69, 9.17) is 30.5 Å². The average molecular weight is 793 g/mol. The van der Waals surface area contributed by atoms with Crippen molar-refractivity contribution < 1.29 is 28.8 Å². The van der Waals surface area contributed by atoms with Crippen LogP contribution in [0.1, 0.15) is 78.3 Å². The van der Waals surface area contributed by atoms with Gasteiger partial charge in [0.25, 0.3) is 0 Å². The second-order valence-corrected chi connectivity index (χ2v) is 16.3. The largest absolute Gasteiger partial charge is 0.493 e. The second kappa shape index (κ2) is 18.7. The van der Waals surface area contributed by atoms with Crippen LogP contribution in [0.4, 0.5) is 0 Å². The van der Waals surface area contributed by atoms with Gasteiger partial charge in [0.1, 0.15) is 42.6 Å². The van der Waals surface area contributed by atoms with Crippen LogP contribution >= 0.6 is 11.6 Å². The number of hydrogen-bond donors (Lipinski definition) is 1. The highest BCUT2D eigenvalue weighted by Crippen LogP contribution is 2.40. The number of hydrogen-bond acceptors (Lipinski definition) is 9. The van der Waals surface area contributed by atoms with Crippen molar-refractivity contribution in [2.45, 2.75) is 84.6 Å². The summed E-state index contributed by atoms with van der Waals surface area (Å²) in [6.45, 7) is 11.6. The molecule has 3 aromatic carbocycles. The number of piperidine rings is 2. The molecule has 7 rings (SSSR count). The van der Waals surface area contributed by atoms with E-state index in [0.29, 0.717) is 53.6 Å². The number of pyridine rings is 1. The molecule has 4 aromatic rings. The van der Waals surface area contributed by atoms with Crippen LogP contribution in [0.25, 0.3) is 11.1 Å². The molecule has 1 atom stereocenters. The molecule has 0 bridgehead atoms. The Morgan fingerprint density at radius 2 is 1.72 bits per heavy atom. The molecule has 57 heavy (non-hydrogen) atoms. The monoisotopic (exact) mass is 792 g/mol. The summed E-state index contributed by atoms with van der Waals surface area (Å²) in [6, 6.07) is 19.4. The number of rotatable bonds is 15. The van der Waals surface area contributed by atoms with Crippen LogP contribution in [0.5, 0.6) is 17.2 Å². The number of aromatic nitrogens is 1. The lowest BCUT2D eigenvalue weighted by molar-refractivity contribution is -0.144. The van der Waals surface area contributed by atoms with Gasteiger partial charge in [-0.15, -0.1) is 0 Å². The van der Waals surface area contributed by atoms with Crippen molar-refractivity contribution in [2.75, 3.05) is 46.0 Å². The minimum Gasteiger partial charge on any atom is -0.493 e. The standard InChI is InChI=1S/C46H53ClN4O6/c1-32-36(8-5-9-38(32)39-10-6-12-42(33(39)2)55-20-7-16-50-18-13-46(14-19-50)15-21-54-31-46)30-57-44-24-43(56-29-35-22-34(25-48)26-49-27-35)37(23-40(44)47)28-51-17-4-3-11-41(51)45(52)53/h5-6,8-10,12,22-24,26-27,41H,3-4,7,11,13-21,28-31H2,1-2H3,(H,52,53)/t41-/m0/s1. The number of nitrogens with zero attached hydrogens (tertiary/aromatic N) is 4. The lowest BCUT2D eigenvalue weighted by Gasteiger charge is -2.38. The molecule has 3 fully saturated rings. The topological polar surface area (TPSA) is 117 Å². The number of ether oxygens (including phenoxy) is 4. The first-order valence-corrected chi connectivity index (χ1v) is 20.6. The summed E-state index contributed by atoms with van der Waals surface area (Å²) >= 11 is 6.89. The third-order valence-electron chi connectivity index (χ3n) is 12.1. The second-order valence-electron chi connectivity index (χ2n) is 15.8. The van der Waals surface area contributed by atoms with E-state index in [1.54, 1.807) is 18.3 Å². The lowest BCUT2D eigenvalue weighted by atomic mass is 9.78. The molecule has 0 aliphatic carbocycles. The minimum absolute atomic E-state index is 0.164. The van der Waals surface area contributed by atoms with E-state index in [0.717, 1.165) is 96.8 Å². The molecular weight excluding hydrogens is 740 g/mol. The van der Waals surface area contributed by atoms with Crippen LogP contribution < -0.4 is 14.2 Å². The highest BCUT2D eigenvalue weighted by atomic mass is 35.5. The van der Waals surface area contributed by atoms with Crippen LogP contribution in [-0.4, -0.2) is 77.9 Å². The number of carbonyl (C=O) groups is 1. The predicted molar refractivity (Wildman–Crippen MR) is 220 cm³/mol. The third-order valence-corrected chi connectivity index (χ3v) is 12.4. The molecule has 3 saturated heterocycles. The van der Waals surface area contributed by atoms with E-state index in [-0.39, 0.29) is 13.2 Å². The Labute approximate surface area is 341 Å². The van der Waals surface area contributed by atoms with Gasteiger partial charge in [0, 0.05) is 49.3 Å². The molecule has 0 radical (unpaired) electrons. The molecule has 0 saturated carbocycles. The van der Waals surface area contributed by atoms with Crippen molar-refractivity contribution in [3.05, 3.63) is 105 Å². The number of carboxylic acid groups (broad SMARTS) is 1. The van der Waals surface area contributed by atoms with E-state index in [2.05, 4.69) is 66.2 Å². The Kier molecular flexibility index (Phi) is 13.3. The van der Waals surface area contributed by atoms with Gasteiger partial charge < -0.3 is 29.0 Å². The van der Waals surface area contributed by atoms with Crippen molar-refractivity contribution in [1.82, 2.24) is 14.8 Å². The summed E-state index contributed by atoms with van der Waals surface area (Å²) in [5, 5.41) is 19.7. The fourth-order valence-electron chi connectivity index (χ4n) is 8.53. The average Bonchev–Trinajstić information content (AvgIpc) is 3.68. The molecule has 0 amide bonds. The Bertz CT molecular complexity index is 2070. The summed E-state index contributed by atoms with van der Waals surface area (Å²) in [4.78, 5) is 20.8. The number of carboxylic acids is 1. The van der Waals surface area contributed by atoms with E-state index in [1.807, 2.05) is 11.0 Å². The summed E-state index contributed by atoms with van der Waals surface area (Å²) in [5.41, 5.74) is 7.84. The number of nitriles is 1. The van der Waals surface area contributed by atoms with Gasteiger partial charge in [-0.3, -0.25) is 14.7 Å². The van der Waals surface area contributed by atoms with Gasteiger partial charge in [-0.25, -0.2) is 0 Å². The fourth-order valence-corrected chi connectivity index (χ4v) is 8.77. The number of benzene rings is 3. The van der Waals surface area contributed by atoms with Crippen molar-refractivity contribution >= 4 is 17.6 Å². The minimum atomic E-state index is -0.828. The van der Waals surface area contributed by atoms with E-state index < -0.39 is 12.0 Å². The van der Waals surface area contributed by atoms with Crippen LogP contribution in [0.2, 0.25) is 5.02 Å². The Morgan fingerprint density at radius 3 is 2.49 bits per heavy atom. The maximum Gasteiger partial charge on any atom is 0.320 e. The van der Waals surface area contributed by atoms with E-state index >= 15 is 0 Å². The maximum atomic E-state index is 12.1. The van der Waals surface area contributed by atoms with E-state index in [9.17, 15) is 15.2 Å². The molecular formula is C46H53ClN4O6. The van der Waals surface area contributed by atoms with Gasteiger partial charge in [-0.1, -0.05) is 48.4 Å². The van der Waals surface area contributed by atoms with Crippen LogP contribution in [0.3, 0.4) is 0 Å². The Morgan fingerprint density at radius 1 is 0.930 bits per heavy atom. The Hall–Kier alpha value is -4.66. The zero-order chi connectivity index (χ0) is 39.8. The smallest absolute Gasteiger partial charge is 0.320 e. The van der Waals surface area contributed by atoms with Crippen molar-refractivity contribution in [3.8, 4) is 34.4 Å². The lowest BCUT2D eigenvalue weighted by Crippen LogP contribution is -2.44. The van der Waals surface area contributed by atoms with Crippen molar-refractivity contribution in [3.63, 3.8) is 0 Å². The van der Waals surface area contributed by atoms with Crippen LogP contribution in [0.15, 0.2) is 67.0 Å². The summed E-state index contributed by atoms with van der Waals surface area (Å²) < 4.78 is 24.8. The first-order valence-electron chi connectivity index (χ1n) is 20.2. The zero-order valence-corrected chi connectivity index (χ0v) is 33.9.